The summed E-state index contributed by atoms with van der Waals surface area (Å²) in [5, 5.41) is 2.08. The molecule has 1 fully saturated rings. The third kappa shape index (κ3) is 3.57. The van der Waals surface area contributed by atoms with Gasteiger partial charge in [0.2, 0.25) is 5.91 Å². The summed E-state index contributed by atoms with van der Waals surface area (Å²) in [6.45, 7) is 2.96. The molecule has 0 bridgehead atoms. The van der Waals surface area contributed by atoms with E-state index >= 15 is 0 Å². The van der Waals surface area contributed by atoms with Crippen LogP contribution in [0.25, 0.3) is 0 Å². The van der Waals surface area contributed by atoms with Crippen LogP contribution in [0.2, 0.25) is 0 Å². The van der Waals surface area contributed by atoms with Crippen LogP contribution in [-0.2, 0) is 4.79 Å². The fourth-order valence-electron chi connectivity index (χ4n) is 1.39. The Labute approximate surface area is 98.7 Å². The number of imide groups is 1. The van der Waals surface area contributed by atoms with Gasteiger partial charge in [-0.25, -0.2) is 4.79 Å². The first kappa shape index (κ1) is 12.6. The summed E-state index contributed by atoms with van der Waals surface area (Å²) in [4.78, 5) is 24.4. The zero-order valence-corrected chi connectivity index (χ0v) is 10.4. The average molecular weight is 251 g/mol. The highest BCUT2D eigenvalue weighted by molar-refractivity contribution is 7.99. The number of rotatable bonds is 2. The van der Waals surface area contributed by atoms with Gasteiger partial charge in [0.05, 0.1) is 0 Å². The molecule has 2 atom stereocenters. The first-order valence-corrected chi connectivity index (χ1v) is 6.53. The Balaban J connectivity index is 2.39. The number of urea groups is 1. The second-order valence-electron chi connectivity index (χ2n) is 3.50. The molecule has 1 N–H and O–H groups in total. The lowest BCUT2D eigenvalue weighted by Crippen LogP contribution is -2.44. The minimum Gasteiger partial charge on any atom is -0.323 e. The molecule has 0 aliphatic carbocycles. The van der Waals surface area contributed by atoms with Crippen molar-refractivity contribution < 1.29 is 9.59 Å². The van der Waals surface area contributed by atoms with Gasteiger partial charge in [0, 0.05) is 18.3 Å². The fraction of sp³-hybridized carbons (Fsp3) is 0.778. The second kappa shape index (κ2) is 5.61. The van der Waals surface area contributed by atoms with E-state index in [0.717, 1.165) is 6.42 Å². The first-order chi connectivity index (χ1) is 7.04. The monoisotopic (exact) mass is 250 g/mol. The van der Waals surface area contributed by atoms with Crippen LogP contribution in [0.5, 0.6) is 0 Å². The van der Waals surface area contributed by atoms with Crippen molar-refractivity contribution in [3.63, 3.8) is 0 Å². The highest BCUT2D eigenvalue weighted by Crippen LogP contribution is 2.19. The molecule has 0 aromatic carbocycles. The van der Waals surface area contributed by atoms with Crippen molar-refractivity contribution in [2.45, 2.75) is 24.0 Å². The molecule has 1 saturated heterocycles. The zero-order chi connectivity index (χ0) is 11.4. The minimum absolute atomic E-state index is 0.330. The molecule has 1 rings (SSSR count). The van der Waals surface area contributed by atoms with E-state index < -0.39 is 11.3 Å². The molecule has 1 aliphatic rings. The fourth-order valence-corrected chi connectivity index (χ4v) is 2.11. The molecule has 0 aromatic heterocycles. The largest absolute Gasteiger partial charge is 0.324 e. The van der Waals surface area contributed by atoms with Crippen LogP contribution < -0.4 is 5.32 Å². The predicted molar refractivity (Wildman–Crippen MR) is 62.3 cm³/mol. The van der Waals surface area contributed by atoms with Crippen molar-refractivity contribution in [3.8, 4) is 0 Å². The highest BCUT2D eigenvalue weighted by atomic mass is 35.5. The Morgan fingerprint density at radius 3 is 2.73 bits per heavy atom. The molecular formula is C9H15ClN2O2S. The van der Waals surface area contributed by atoms with Crippen molar-refractivity contribution in [2.24, 2.45) is 0 Å². The maximum atomic E-state index is 11.5. The molecule has 15 heavy (non-hydrogen) atoms. The van der Waals surface area contributed by atoms with Crippen molar-refractivity contribution in [2.75, 3.05) is 19.3 Å². The number of likely N-dealkylation sites (tertiary alicyclic amines) is 1. The topological polar surface area (TPSA) is 49.4 Å². The zero-order valence-electron chi connectivity index (χ0n) is 8.83. The SMILES string of the molecule is CSC1CCN(C(=O)NC(=O)C(C)Cl)C1. The van der Waals surface area contributed by atoms with Gasteiger partial charge >= 0.3 is 6.03 Å². The molecule has 3 amide bonds. The first-order valence-electron chi connectivity index (χ1n) is 4.81. The van der Waals surface area contributed by atoms with Crippen LogP contribution in [0, 0.1) is 0 Å². The molecule has 6 heteroatoms. The van der Waals surface area contributed by atoms with E-state index in [4.69, 9.17) is 11.6 Å². The Morgan fingerprint density at radius 2 is 2.27 bits per heavy atom. The lowest BCUT2D eigenvalue weighted by Gasteiger charge is -2.16. The molecule has 4 nitrogen and oxygen atoms in total. The maximum absolute atomic E-state index is 11.5. The summed E-state index contributed by atoms with van der Waals surface area (Å²) in [6.07, 6.45) is 3.01. The number of amides is 3. The van der Waals surface area contributed by atoms with Crippen LogP contribution in [0.4, 0.5) is 4.79 Å². The molecule has 0 saturated carbocycles. The normalized spacial score (nSPS) is 22.6. The summed E-state index contributed by atoms with van der Waals surface area (Å²) < 4.78 is 0. The van der Waals surface area contributed by atoms with Gasteiger partial charge < -0.3 is 4.90 Å². The minimum atomic E-state index is -0.673. The van der Waals surface area contributed by atoms with E-state index in [0.29, 0.717) is 18.3 Å². The van der Waals surface area contributed by atoms with E-state index in [1.54, 1.807) is 23.6 Å². The quantitative estimate of drug-likeness (QED) is 0.752. The van der Waals surface area contributed by atoms with Gasteiger partial charge in [-0.15, -0.1) is 11.6 Å². The van der Waals surface area contributed by atoms with E-state index in [9.17, 15) is 9.59 Å². The highest BCUT2D eigenvalue weighted by Gasteiger charge is 2.26. The smallest absolute Gasteiger partial charge is 0.323 e. The van der Waals surface area contributed by atoms with Crippen molar-refractivity contribution >= 4 is 35.3 Å². The summed E-state index contributed by atoms with van der Waals surface area (Å²) >= 11 is 7.29. The van der Waals surface area contributed by atoms with E-state index in [1.165, 1.54) is 0 Å². The Kier molecular flexibility index (Phi) is 4.73. The predicted octanol–water partition coefficient (Wildman–Crippen LogP) is 1.29. The number of hydrogen-bond donors (Lipinski definition) is 1. The van der Waals surface area contributed by atoms with Crippen molar-refractivity contribution in [3.05, 3.63) is 0 Å². The Bertz CT molecular complexity index is 260. The molecule has 1 heterocycles. The van der Waals surface area contributed by atoms with Crippen molar-refractivity contribution in [1.29, 1.82) is 0 Å². The van der Waals surface area contributed by atoms with Gasteiger partial charge in [-0.1, -0.05) is 0 Å². The summed E-state index contributed by atoms with van der Waals surface area (Å²) in [6, 6.07) is -0.330. The average Bonchev–Trinajstić information content (AvgIpc) is 2.65. The van der Waals surface area contributed by atoms with E-state index in [1.807, 2.05) is 6.26 Å². The van der Waals surface area contributed by atoms with Gasteiger partial charge in [0.15, 0.2) is 0 Å². The lowest BCUT2D eigenvalue weighted by molar-refractivity contribution is -0.119. The van der Waals surface area contributed by atoms with Gasteiger partial charge in [-0.3, -0.25) is 10.1 Å². The molecule has 86 valence electrons. The number of nitrogens with one attached hydrogen (secondary N) is 1. The standard InChI is InChI=1S/C9H15ClN2O2S/c1-6(10)8(13)11-9(14)12-4-3-7(5-12)15-2/h6-7H,3-5H2,1-2H3,(H,11,13,14). The molecular weight excluding hydrogens is 236 g/mol. The Morgan fingerprint density at radius 1 is 1.60 bits per heavy atom. The summed E-state index contributed by atoms with van der Waals surface area (Å²) in [5.41, 5.74) is 0. The molecule has 2 unspecified atom stereocenters. The summed E-state index contributed by atoms with van der Waals surface area (Å²) in [5.74, 6) is -0.436. The number of carbonyl (C=O) groups is 2. The lowest BCUT2D eigenvalue weighted by atomic mass is 10.4. The summed E-state index contributed by atoms with van der Waals surface area (Å²) in [7, 11) is 0. The maximum Gasteiger partial charge on any atom is 0.324 e. The van der Waals surface area contributed by atoms with Gasteiger partial charge in [0.1, 0.15) is 5.38 Å². The van der Waals surface area contributed by atoms with Crippen LogP contribution in [0.15, 0.2) is 0 Å². The molecule has 0 spiro atoms. The molecule has 0 aromatic rings. The molecule has 1 aliphatic heterocycles. The van der Waals surface area contributed by atoms with Crippen LogP contribution in [0.3, 0.4) is 0 Å². The van der Waals surface area contributed by atoms with Gasteiger partial charge in [-0.05, 0) is 19.6 Å². The second-order valence-corrected chi connectivity index (χ2v) is 5.30. The third-order valence-corrected chi connectivity index (χ3v) is 3.61. The number of halogens is 1. The van der Waals surface area contributed by atoms with Crippen LogP contribution in [0.1, 0.15) is 13.3 Å². The number of carbonyl (C=O) groups excluding carboxylic acids is 2. The van der Waals surface area contributed by atoms with Gasteiger partial charge in [0.25, 0.3) is 0 Å². The van der Waals surface area contributed by atoms with E-state index in [2.05, 4.69) is 5.32 Å². The number of thioether (sulfide) groups is 1. The number of alkyl halides is 1. The number of nitrogens with zero attached hydrogens (tertiary/aromatic N) is 1. The van der Waals surface area contributed by atoms with E-state index in [-0.39, 0.29) is 6.03 Å². The van der Waals surface area contributed by atoms with Crippen LogP contribution in [-0.4, -0.2) is 46.8 Å². The van der Waals surface area contributed by atoms with Crippen LogP contribution >= 0.6 is 23.4 Å². The van der Waals surface area contributed by atoms with Crippen molar-refractivity contribution in [1.82, 2.24) is 10.2 Å². The van der Waals surface area contributed by atoms with Gasteiger partial charge in [-0.2, -0.15) is 11.8 Å². The third-order valence-electron chi connectivity index (χ3n) is 2.36. The molecule has 0 radical (unpaired) electrons. The number of hydrogen-bond acceptors (Lipinski definition) is 3. The Hall–Kier alpha value is -0.420.